The highest BCUT2D eigenvalue weighted by molar-refractivity contribution is 8.00. The molecule has 0 heterocycles. The van der Waals surface area contributed by atoms with Crippen LogP contribution in [-0.2, 0) is 19.1 Å². The van der Waals surface area contributed by atoms with Gasteiger partial charge in [-0.1, -0.05) is 33.8 Å². The van der Waals surface area contributed by atoms with Crippen molar-refractivity contribution in [2.24, 2.45) is 39.9 Å². The van der Waals surface area contributed by atoms with E-state index in [-0.39, 0.29) is 63.8 Å². The summed E-state index contributed by atoms with van der Waals surface area (Å²) in [6, 6.07) is -0.0100. The van der Waals surface area contributed by atoms with E-state index in [4.69, 9.17) is 4.74 Å². The molecule has 0 radical (unpaired) electrons. The highest BCUT2D eigenvalue weighted by Crippen LogP contribution is 2.68. The Balaban J connectivity index is 1.29. The van der Waals surface area contributed by atoms with Crippen LogP contribution in [0.15, 0.2) is 12.7 Å². The van der Waals surface area contributed by atoms with Crippen LogP contribution in [0.25, 0.3) is 0 Å². The van der Waals surface area contributed by atoms with Gasteiger partial charge in [-0.25, -0.2) is 0 Å². The third-order valence-electron chi connectivity index (χ3n) is 12.0. The lowest BCUT2D eigenvalue weighted by molar-refractivity contribution is -0.205. The lowest BCUT2D eigenvalue weighted by atomic mass is 9.44. The number of carbonyl (C=O) groups is 3. The van der Waals surface area contributed by atoms with Gasteiger partial charge in [-0.2, -0.15) is 0 Å². The van der Waals surface area contributed by atoms with Crippen LogP contribution < -0.4 is 5.32 Å². The second-order valence-electron chi connectivity index (χ2n) is 14.3. The second-order valence-corrected chi connectivity index (χ2v) is 15.5. The van der Waals surface area contributed by atoms with Gasteiger partial charge in [0, 0.05) is 40.4 Å². The molecule has 5 rings (SSSR count). The molecule has 8 heteroatoms. The van der Waals surface area contributed by atoms with E-state index in [1.54, 1.807) is 0 Å². The minimum atomic E-state index is -0.683. The summed E-state index contributed by atoms with van der Waals surface area (Å²) in [5.74, 6) is 0.181. The number of Topliss-reactive ketones (excluding diaryl/α,β-unsaturated/α-hetero) is 1. The van der Waals surface area contributed by atoms with Gasteiger partial charge in [-0.3, -0.25) is 14.4 Å². The topological polar surface area (TPSA) is 113 Å². The number of hydrogen-bond acceptors (Lipinski definition) is 7. The third kappa shape index (κ3) is 5.08. The molecule has 0 spiro atoms. The number of rotatable bonds is 7. The quantitative estimate of drug-likeness (QED) is 0.304. The highest BCUT2D eigenvalue weighted by atomic mass is 32.2. The van der Waals surface area contributed by atoms with Crippen LogP contribution in [0.2, 0.25) is 0 Å². The number of hydrogen-bond donors (Lipinski definition) is 3. The van der Waals surface area contributed by atoms with Crippen molar-refractivity contribution in [2.45, 2.75) is 122 Å². The van der Waals surface area contributed by atoms with Gasteiger partial charge in [0.25, 0.3) is 0 Å². The van der Waals surface area contributed by atoms with Gasteiger partial charge in [0.2, 0.25) is 5.91 Å². The summed E-state index contributed by atoms with van der Waals surface area (Å²) in [6.45, 7) is 12.5. The van der Waals surface area contributed by atoms with Crippen molar-refractivity contribution >= 4 is 29.4 Å². The van der Waals surface area contributed by atoms with E-state index in [1.807, 2.05) is 13.0 Å². The number of ether oxygens (including phenoxy) is 1. The van der Waals surface area contributed by atoms with Crippen molar-refractivity contribution in [1.29, 1.82) is 0 Å². The molecule has 5 fully saturated rings. The molecule has 3 N–H and O–H groups in total. The zero-order valence-electron chi connectivity index (χ0n) is 24.7. The summed E-state index contributed by atoms with van der Waals surface area (Å²) >= 11 is 1.43. The predicted molar refractivity (Wildman–Crippen MR) is 155 cm³/mol. The van der Waals surface area contributed by atoms with Gasteiger partial charge in [-0.15, -0.1) is 18.3 Å². The fraction of sp³-hybridized carbons (Fsp3) is 0.844. The monoisotopic (exact) mass is 575 g/mol. The molecule has 1 amide bonds. The number of amides is 1. The van der Waals surface area contributed by atoms with Crippen molar-refractivity contribution in [3.63, 3.8) is 0 Å². The summed E-state index contributed by atoms with van der Waals surface area (Å²) in [4.78, 5) is 39.1. The summed E-state index contributed by atoms with van der Waals surface area (Å²) in [6.07, 6.45) is 7.53. The van der Waals surface area contributed by atoms with Crippen LogP contribution >= 0.6 is 11.8 Å². The summed E-state index contributed by atoms with van der Waals surface area (Å²) < 4.78 is 6.34. The first-order chi connectivity index (χ1) is 18.9. The summed E-state index contributed by atoms with van der Waals surface area (Å²) in [5.41, 5.74) is -1.47. The van der Waals surface area contributed by atoms with Gasteiger partial charge in [0.15, 0.2) is 0 Å². The molecule has 5 saturated carbocycles. The Morgan fingerprint density at radius 1 is 1.12 bits per heavy atom. The highest BCUT2D eigenvalue weighted by Gasteiger charge is 2.68. The average molecular weight is 576 g/mol. The van der Waals surface area contributed by atoms with E-state index in [9.17, 15) is 24.6 Å². The molecule has 2 bridgehead atoms. The fourth-order valence-corrected chi connectivity index (χ4v) is 10.0. The number of carbonyl (C=O) groups excluding carboxylic acids is 3. The maximum absolute atomic E-state index is 13.5. The van der Waals surface area contributed by atoms with E-state index in [1.165, 1.54) is 11.8 Å². The van der Waals surface area contributed by atoms with E-state index in [0.29, 0.717) is 19.3 Å². The molecule has 0 aromatic rings. The maximum Gasteiger partial charge on any atom is 0.316 e. The van der Waals surface area contributed by atoms with Gasteiger partial charge >= 0.3 is 5.97 Å². The van der Waals surface area contributed by atoms with Crippen LogP contribution in [0.3, 0.4) is 0 Å². The van der Waals surface area contributed by atoms with Crippen LogP contribution in [0.1, 0.15) is 91.9 Å². The molecule has 224 valence electrons. The van der Waals surface area contributed by atoms with E-state index in [0.717, 1.165) is 44.9 Å². The number of esters is 1. The van der Waals surface area contributed by atoms with Gasteiger partial charge in [-0.05, 0) is 75.0 Å². The molecule has 5 aliphatic carbocycles. The van der Waals surface area contributed by atoms with E-state index < -0.39 is 29.1 Å². The molecular formula is C32H49NO6S. The lowest BCUT2D eigenvalue weighted by Gasteiger charge is -2.61. The smallest absolute Gasteiger partial charge is 0.316 e. The average Bonchev–Trinajstić information content (AvgIpc) is 3.72. The zero-order valence-corrected chi connectivity index (χ0v) is 25.5. The largest absolute Gasteiger partial charge is 0.461 e. The van der Waals surface area contributed by atoms with Crippen LogP contribution in [-0.4, -0.2) is 63.2 Å². The Labute approximate surface area is 243 Å². The van der Waals surface area contributed by atoms with Crippen LogP contribution in [0.5, 0.6) is 0 Å². The minimum absolute atomic E-state index is 0.0100. The van der Waals surface area contributed by atoms with Gasteiger partial charge in [0.1, 0.15) is 11.9 Å². The molecule has 5 aliphatic rings. The van der Waals surface area contributed by atoms with E-state index >= 15 is 0 Å². The standard InChI is InChI=1S/C32H49NO6S/c1-6-30(4)16-25(31(5)18(2)11-13-32(19(3)28(30)37)14-12-22(34)27(31)32)39-26(36)17-40-24-10-9-21(15-23(24)35)33-29(38)20-7-8-20/h6,18-21,23-25,27-28,35,37H,1,7-17H2,2-5H3,(H,33,38)/t18?,19-,21+,23+,24+,25+,27-,28-,30+,31-,32?/m0/s1. The van der Waals surface area contributed by atoms with Crippen molar-refractivity contribution in [2.75, 3.05) is 5.75 Å². The maximum atomic E-state index is 13.5. The molecule has 0 aliphatic heterocycles. The number of aliphatic hydroxyl groups is 2. The normalized spacial score (nSPS) is 47.0. The van der Waals surface area contributed by atoms with Crippen molar-refractivity contribution in [3.8, 4) is 0 Å². The Morgan fingerprint density at radius 2 is 1.85 bits per heavy atom. The molecule has 11 atom stereocenters. The minimum Gasteiger partial charge on any atom is -0.461 e. The molecule has 0 aromatic heterocycles. The molecule has 40 heavy (non-hydrogen) atoms. The Morgan fingerprint density at radius 3 is 2.50 bits per heavy atom. The predicted octanol–water partition coefficient (Wildman–Crippen LogP) is 4.43. The van der Waals surface area contributed by atoms with Crippen molar-refractivity contribution < 1.29 is 29.3 Å². The molecule has 0 saturated heterocycles. The summed E-state index contributed by atoms with van der Waals surface area (Å²) in [7, 11) is 0. The zero-order chi connectivity index (χ0) is 29.0. The van der Waals surface area contributed by atoms with Gasteiger partial charge < -0.3 is 20.3 Å². The molecule has 2 unspecified atom stereocenters. The second kappa shape index (κ2) is 11.0. The fourth-order valence-electron chi connectivity index (χ4n) is 8.98. The number of aliphatic hydroxyl groups excluding tert-OH is 2. The third-order valence-corrected chi connectivity index (χ3v) is 13.4. The van der Waals surface area contributed by atoms with Crippen molar-refractivity contribution in [1.82, 2.24) is 5.32 Å². The number of thioether (sulfide) groups is 1. The lowest BCUT2D eigenvalue weighted by Crippen LogP contribution is -2.63. The first kappa shape index (κ1) is 30.1. The van der Waals surface area contributed by atoms with Gasteiger partial charge in [0.05, 0.1) is 18.0 Å². The first-order valence-electron chi connectivity index (χ1n) is 15.5. The Bertz CT molecular complexity index is 1030. The number of nitrogens with one attached hydrogen (secondary N) is 1. The Kier molecular flexibility index (Phi) is 8.30. The van der Waals surface area contributed by atoms with Crippen LogP contribution in [0, 0.1) is 39.9 Å². The van der Waals surface area contributed by atoms with Crippen molar-refractivity contribution in [3.05, 3.63) is 12.7 Å². The summed E-state index contributed by atoms with van der Waals surface area (Å²) in [5, 5.41) is 25.4. The van der Waals surface area contributed by atoms with E-state index in [2.05, 4.69) is 32.7 Å². The molecular weight excluding hydrogens is 526 g/mol. The number of ketones is 1. The first-order valence-corrected chi connectivity index (χ1v) is 16.5. The molecule has 7 nitrogen and oxygen atoms in total. The SMILES string of the molecule is C=C[C@]1(C)C[C@@H](OC(=O)CS[C@@H]2CC[C@@H](NC(=O)C3CC3)C[C@H]2O)[C@]2(C)C(C)CCC3(CCC(=O)[C@H]32)[C@@H](C)[C@@H]1O. The Hall–Kier alpha value is -1.38. The molecule has 0 aromatic carbocycles. The van der Waals surface area contributed by atoms with Crippen LogP contribution in [0.4, 0.5) is 0 Å².